The summed E-state index contributed by atoms with van der Waals surface area (Å²) in [6.45, 7) is -0.709. The van der Waals surface area contributed by atoms with Gasteiger partial charge in [-0.25, -0.2) is 0 Å². The van der Waals surface area contributed by atoms with Gasteiger partial charge in [0.2, 0.25) is 0 Å². The van der Waals surface area contributed by atoms with Crippen molar-refractivity contribution in [1.82, 2.24) is 5.09 Å². The Labute approximate surface area is 111 Å². The van der Waals surface area contributed by atoms with Crippen molar-refractivity contribution in [2.75, 3.05) is 12.9 Å². The highest BCUT2D eigenvalue weighted by molar-refractivity contribution is 8.99. The van der Waals surface area contributed by atoms with Gasteiger partial charge in [0, 0.05) is 23.3 Å². The minimum Gasteiger partial charge on any atom is -0.309 e. The van der Waals surface area contributed by atoms with E-state index in [1.165, 1.54) is 30.4 Å². The predicted molar refractivity (Wildman–Crippen MR) is 78.8 cm³/mol. The summed E-state index contributed by atoms with van der Waals surface area (Å²) in [6.07, 6.45) is 7.44. The Kier molecular flexibility index (Phi) is 7.67. The fraction of sp³-hybridized carbons (Fsp3) is 0.900. The first-order valence-corrected chi connectivity index (χ1v) is 10.5. The Morgan fingerprint density at radius 1 is 1.53 bits per heavy atom. The van der Waals surface area contributed by atoms with Gasteiger partial charge < -0.3 is 4.52 Å². The lowest BCUT2D eigenvalue weighted by molar-refractivity contribution is 0.406. The number of nitrogens with one attached hydrogen (secondary N) is 1. The second kappa shape index (κ2) is 8.46. The largest absolute Gasteiger partial charge is 0.361 e. The first kappa shape index (κ1) is 15.4. The normalized spacial score (nSPS) is 20.8. The molecule has 17 heavy (non-hydrogen) atoms. The molecule has 1 fully saturated rings. The smallest absolute Gasteiger partial charge is 0.309 e. The highest BCUT2D eigenvalue weighted by atomic mass is 33.3. The molecule has 0 amide bonds. The molecular weight excluding hydrogens is 275 g/mol. The zero-order valence-electron chi connectivity index (χ0n) is 10.4. The molecule has 0 spiro atoms. The van der Waals surface area contributed by atoms with Gasteiger partial charge in [0.25, 0.3) is 0 Å². The summed E-state index contributed by atoms with van der Waals surface area (Å²) in [7, 11) is 4.32. The van der Waals surface area contributed by atoms with Crippen LogP contribution in [0.5, 0.6) is 0 Å². The fourth-order valence-corrected chi connectivity index (χ4v) is 6.80. The van der Waals surface area contributed by atoms with Crippen molar-refractivity contribution in [2.45, 2.75) is 45.1 Å². The molecular formula is C10H21N2O2PS2. The Bertz CT molecular complexity index is 283. The van der Waals surface area contributed by atoms with Crippen LogP contribution in [0.1, 0.15) is 39.0 Å². The van der Waals surface area contributed by atoms with E-state index in [9.17, 15) is 4.57 Å². The van der Waals surface area contributed by atoms with Crippen LogP contribution in [0.3, 0.4) is 0 Å². The van der Waals surface area contributed by atoms with Gasteiger partial charge in [0.05, 0.1) is 12.4 Å². The van der Waals surface area contributed by atoms with E-state index in [0.29, 0.717) is 6.04 Å². The molecule has 1 aliphatic rings. The minimum atomic E-state index is -2.81. The van der Waals surface area contributed by atoms with Crippen LogP contribution in [0.15, 0.2) is 4.99 Å². The van der Waals surface area contributed by atoms with Crippen LogP contribution in [0.4, 0.5) is 0 Å². The molecule has 1 aliphatic carbocycles. The average Bonchev–Trinajstić information content (AvgIpc) is 2.82. The van der Waals surface area contributed by atoms with E-state index in [-0.39, 0.29) is 0 Å². The third-order valence-corrected chi connectivity index (χ3v) is 9.18. The van der Waals surface area contributed by atoms with Crippen LogP contribution >= 0.6 is 27.9 Å². The van der Waals surface area contributed by atoms with Crippen LogP contribution in [-0.4, -0.2) is 25.2 Å². The van der Waals surface area contributed by atoms with Gasteiger partial charge >= 0.3 is 6.72 Å². The zero-order chi connectivity index (χ0) is 12.6. The Morgan fingerprint density at radius 2 is 2.24 bits per heavy atom. The van der Waals surface area contributed by atoms with Crippen molar-refractivity contribution in [3.05, 3.63) is 0 Å². The first-order valence-electron chi connectivity index (χ1n) is 5.96. The molecule has 100 valence electrons. The molecule has 1 saturated carbocycles. The van der Waals surface area contributed by atoms with E-state index in [4.69, 9.17) is 4.52 Å². The van der Waals surface area contributed by atoms with E-state index in [0.717, 1.165) is 25.0 Å². The topological polar surface area (TPSA) is 50.7 Å². The molecule has 0 heterocycles. The summed E-state index contributed by atoms with van der Waals surface area (Å²) >= 11 is 0. The van der Waals surface area contributed by atoms with Crippen LogP contribution < -0.4 is 5.09 Å². The van der Waals surface area contributed by atoms with Crippen LogP contribution in [0.25, 0.3) is 0 Å². The van der Waals surface area contributed by atoms with Crippen molar-refractivity contribution in [1.29, 1.82) is 0 Å². The molecule has 0 aromatic rings. The van der Waals surface area contributed by atoms with Crippen LogP contribution in [-0.2, 0) is 9.09 Å². The van der Waals surface area contributed by atoms with E-state index in [1.54, 1.807) is 17.1 Å². The SMILES string of the molecule is CCCSSP(=O)(NC=NC1CCCC1)OC. The van der Waals surface area contributed by atoms with Gasteiger partial charge in [-0.3, -0.25) is 14.6 Å². The lowest BCUT2D eigenvalue weighted by atomic mass is 10.3. The number of hydrogen-bond donors (Lipinski definition) is 1. The van der Waals surface area contributed by atoms with Crippen molar-refractivity contribution in [3.8, 4) is 0 Å². The zero-order valence-corrected chi connectivity index (χ0v) is 13.0. The summed E-state index contributed by atoms with van der Waals surface area (Å²) in [5, 5.41) is 2.82. The lowest BCUT2D eigenvalue weighted by Crippen LogP contribution is -2.09. The molecule has 7 heteroatoms. The Balaban J connectivity index is 2.31. The summed E-state index contributed by atoms with van der Waals surface area (Å²) in [6, 6.07) is 0.404. The molecule has 0 aliphatic heterocycles. The Morgan fingerprint density at radius 3 is 2.82 bits per heavy atom. The number of aliphatic imine (C=N–C) groups is 1. The molecule has 1 N–H and O–H groups in total. The predicted octanol–water partition coefficient (Wildman–Crippen LogP) is 4.09. The first-order chi connectivity index (χ1) is 8.20. The third-order valence-electron chi connectivity index (χ3n) is 2.50. The van der Waals surface area contributed by atoms with Crippen molar-refractivity contribution in [2.24, 2.45) is 4.99 Å². The quantitative estimate of drug-likeness (QED) is 0.240. The van der Waals surface area contributed by atoms with E-state index in [1.807, 2.05) is 0 Å². The number of hydrogen-bond acceptors (Lipinski definition) is 5. The second-order valence-corrected chi connectivity index (χ2v) is 10.3. The number of nitrogens with zero attached hydrogens (tertiary/aromatic N) is 1. The summed E-state index contributed by atoms with van der Waals surface area (Å²) in [5.74, 6) is 0.972. The molecule has 0 aromatic carbocycles. The van der Waals surface area contributed by atoms with Crippen LogP contribution in [0, 0.1) is 0 Å². The molecule has 0 saturated heterocycles. The molecule has 1 unspecified atom stereocenters. The highest BCUT2D eigenvalue weighted by Crippen LogP contribution is 2.60. The summed E-state index contributed by atoms with van der Waals surface area (Å²) < 4.78 is 17.2. The summed E-state index contributed by atoms with van der Waals surface area (Å²) in [5.41, 5.74) is 0. The van der Waals surface area contributed by atoms with Gasteiger partial charge in [-0.05, 0) is 19.3 Å². The molecule has 0 bridgehead atoms. The molecule has 0 aromatic heterocycles. The maximum absolute atomic E-state index is 12.1. The third kappa shape index (κ3) is 6.18. The van der Waals surface area contributed by atoms with E-state index < -0.39 is 6.72 Å². The van der Waals surface area contributed by atoms with E-state index in [2.05, 4.69) is 17.0 Å². The molecule has 1 atom stereocenters. The molecule has 0 radical (unpaired) electrons. The van der Waals surface area contributed by atoms with Gasteiger partial charge in [-0.2, -0.15) is 0 Å². The second-order valence-electron chi connectivity index (χ2n) is 3.92. The highest BCUT2D eigenvalue weighted by Gasteiger charge is 2.21. The molecule has 1 rings (SSSR count). The van der Waals surface area contributed by atoms with Gasteiger partial charge in [0.1, 0.15) is 0 Å². The standard InChI is InChI=1S/C10H21N2O2PS2/c1-3-8-16-17-15(13,14-2)12-9-11-10-6-4-5-7-10/h9-10H,3-8H2,1-2H3,(H,11,12,13). The van der Waals surface area contributed by atoms with Gasteiger partial charge in [-0.1, -0.05) is 30.6 Å². The maximum Gasteiger partial charge on any atom is 0.361 e. The van der Waals surface area contributed by atoms with Crippen molar-refractivity contribution < 1.29 is 9.09 Å². The molecule has 4 nitrogen and oxygen atoms in total. The van der Waals surface area contributed by atoms with Gasteiger partial charge in [0.15, 0.2) is 0 Å². The van der Waals surface area contributed by atoms with Crippen molar-refractivity contribution >= 4 is 34.3 Å². The van der Waals surface area contributed by atoms with Gasteiger partial charge in [-0.15, -0.1) is 0 Å². The monoisotopic (exact) mass is 296 g/mol. The number of rotatable bonds is 8. The maximum atomic E-state index is 12.1. The van der Waals surface area contributed by atoms with E-state index >= 15 is 0 Å². The van der Waals surface area contributed by atoms with Crippen molar-refractivity contribution in [3.63, 3.8) is 0 Å². The summed E-state index contributed by atoms with van der Waals surface area (Å²) in [4.78, 5) is 4.37. The Hall–Kier alpha value is 0.360. The lowest BCUT2D eigenvalue weighted by Gasteiger charge is -2.13. The average molecular weight is 296 g/mol. The van der Waals surface area contributed by atoms with Crippen LogP contribution in [0.2, 0.25) is 0 Å². The minimum absolute atomic E-state index is 0.404. The fourth-order valence-electron chi connectivity index (χ4n) is 1.56.